The average Bonchev–Trinajstić information content (AvgIpc) is 2.54. The Kier molecular flexibility index (Phi) is 5.20. The van der Waals surface area contributed by atoms with E-state index in [1.807, 2.05) is 0 Å². The topological polar surface area (TPSA) is 101 Å². The molecular formula is C14H12ClNO5S2. The van der Waals surface area contributed by atoms with Gasteiger partial charge >= 0.3 is 5.97 Å². The molecule has 0 heterocycles. The highest BCUT2D eigenvalue weighted by molar-refractivity contribution is 7.91. The molecule has 122 valence electrons. The Hall–Kier alpha value is -1.74. The highest BCUT2D eigenvalue weighted by Gasteiger charge is 2.24. The summed E-state index contributed by atoms with van der Waals surface area (Å²) in [6.07, 6.45) is 0. The van der Waals surface area contributed by atoms with E-state index < -0.39 is 26.8 Å². The Bertz CT molecular complexity index is 896. The highest BCUT2D eigenvalue weighted by atomic mass is 35.5. The van der Waals surface area contributed by atoms with Crippen molar-refractivity contribution >= 4 is 38.4 Å². The molecule has 1 atom stereocenters. The van der Waals surface area contributed by atoms with Crippen molar-refractivity contribution < 1.29 is 22.5 Å². The first-order chi connectivity index (χ1) is 10.8. The van der Waals surface area contributed by atoms with Gasteiger partial charge in [-0.15, -0.1) is 0 Å². The van der Waals surface area contributed by atoms with Crippen LogP contribution in [0.15, 0.2) is 57.2 Å². The van der Waals surface area contributed by atoms with Crippen LogP contribution in [0.1, 0.15) is 10.4 Å². The molecule has 0 radical (unpaired) electrons. The van der Waals surface area contributed by atoms with E-state index in [1.165, 1.54) is 49.5 Å². The van der Waals surface area contributed by atoms with Gasteiger partial charge in [0, 0.05) is 5.02 Å². The number of halogens is 1. The van der Waals surface area contributed by atoms with Crippen molar-refractivity contribution in [3.63, 3.8) is 0 Å². The molecule has 0 bridgehead atoms. The lowest BCUT2D eigenvalue weighted by Crippen LogP contribution is -2.20. The molecule has 2 aromatic rings. The SMILES string of the molecule is CNS(=O)(=O)c1cc(Cl)ccc1[S@](=O)c1ccccc1C(=O)O. The van der Waals surface area contributed by atoms with Gasteiger partial charge in [-0.05, 0) is 37.4 Å². The predicted molar refractivity (Wildman–Crippen MR) is 85.8 cm³/mol. The van der Waals surface area contributed by atoms with Crippen LogP contribution in [0.3, 0.4) is 0 Å². The molecule has 0 aromatic heterocycles. The number of carboxylic acid groups (broad SMARTS) is 1. The Balaban J connectivity index is 2.69. The second-order valence-electron chi connectivity index (χ2n) is 4.37. The molecule has 23 heavy (non-hydrogen) atoms. The van der Waals surface area contributed by atoms with Crippen molar-refractivity contribution in [3.05, 3.63) is 53.1 Å². The van der Waals surface area contributed by atoms with Crippen LogP contribution in [0, 0.1) is 0 Å². The minimum atomic E-state index is -3.91. The van der Waals surface area contributed by atoms with Gasteiger partial charge in [-0.1, -0.05) is 23.7 Å². The van der Waals surface area contributed by atoms with Crippen LogP contribution in [0.25, 0.3) is 0 Å². The van der Waals surface area contributed by atoms with E-state index in [2.05, 4.69) is 4.72 Å². The van der Waals surface area contributed by atoms with Crippen molar-refractivity contribution in [2.45, 2.75) is 14.7 Å². The van der Waals surface area contributed by atoms with E-state index in [-0.39, 0.29) is 25.3 Å². The van der Waals surface area contributed by atoms with Crippen LogP contribution >= 0.6 is 11.6 Å². The van der Waals surface area contributed by atoms with Gasteiger partial charge in [-0.2, -0.15) is 0 Å². The number of carbonyl (C=O) groups is 1. The average molecular weight is 374 g/mol. The Morgan fingerprint density at radius 3 is 2.43 bits per heavy atom. The first-order valence-corrected chi connectivity index (χ1v) is 9.26. The molecule has 0 spiro atoms. The number of hydrogen-bond donors (Lipinski definition) is 2. The molecule has 0 aliphatic carbocycles. The normalized spacial score (nSPS) is 12.8. The van der Waals surface area contributed by atoms with Gasteiger partial charge in [0.05, 0.1) is 31.0 Å². The molecule has 0 aliphatic rings. The first kappa shape index (κ1) is 17.6. The molecule has 0 saturated carbocycles. The van der Waals surface area contributed by atoms with Crippen LogP contribution in [0.5, 0.6) is 0 Å². The Morgan fingerprint density at radius 1 is 1.17 bits per heavy atom. The number of sulfonamides is 1. The van der Waals surface area contributed by atoms with Crippen LogP contribution < -0.4 is 4.72 Å². The smallest absolute Gasteiger partial charge is 0.336 e. The quantitative estimate of drug-likeness (QED) is 0.836. The van der Waals surface area contributed by atoms with E-state index in [1.54, 1.807) is 0 Å². The summed E-state index contributed by atoms with van der Waals surface area (Å²) >= 11 is 5.83. The molecule has 2 N–H and O–H groups in total. The molecule has 0 fully saturated rings. The van der Waals surface area contributed by atoms with Gasteiger partial charge in [0.25, 0.3) is 0 Å². The standard InChI is InChI=1S/C14H12ClNO5S2/c1-16-23(20,21)13-8-9(15)6-7-12(13)22(19)11-5-3-2-4-10(11)14(17)18/h2-8,16H,1H3,(H,17,18)/t22-/m1/s1. The van der Waals surface area contributed by atoms with Gasteiger partial charge in [0.15, 0.2) is 0 Å². The molecule has 0 unspecified atom stereocenters. The summed E-state index contributed by atoms with van der Waals surface area (Å²) in [7, 11) is -4.70. The van der Waals surface area contributed by atoms with E-state index >= 15 is 0 Å². The van der Waals surface area contributed by atoms with Crippen molar-refractivity contribution in [3.8, 4) is 0 Å². The summed E-state index contributed by atoms with van der Waals surface area (Å²) < 4.78 is 39.1. The van der Waals surface area contributed by atoms with Crippen molar-refractivity contribution in [2.75, 3.05) is 7.05 Å². The van der Waals surface area contributed by atoms with E-state index in [4.69, 9.17) is 11.6 Å². The molecule has 0 aliphatic heterocycles. The summed E-state index contributed by atoms with van der Waals surface area (Å²) in [6, 6.07) is 9.58. The third-order valence-electron chi connectivity index (χ3n) is 2.98. The number of hydrogen-bond acceptors (Lipinski definition) is 4. The number of carboxylic acids is 1. The van der Waals surface area contributed by atoms with Crippen molar-refractivity contribution in [2.24, 2.45) is 0 Å². The third-order valence-corrected chi connectivity index (χ3v) is 6.31. The number of nitrogens with one attached hydrogen (secondary N) is 1. The molecule has 2 rings (SSSR count). The van der Waals surface area contributed by atoms with Crippen LogP contribution in [-0.2, 0) is 20.8 Å². The Morgan fingerprint density at radius 2 is 1.83 bits per heavy atom. The maximum absolute atomic E-state index is 12.8. The fourth-order valence-electron chi connectivity index (χ4n) is 1.88. The molecule has 0 saturated heterocycles. The molecular weight excluding hydrogens is 362 g/mol. The zero-order valence-electron chi connectivity index (χ0n) is 11.8. The number of rotatable bonds is 5. The van der Waals surface area contributed by atoms with Gasteiger partial charge in [0.2, 0.25) is 10.0 Å². The molecule has 0 amide bonds. The zero-order chi connectivity index (χ0) is 17.2. The summed E-state index contributed by atoms with van der Waals surface area (Å²) in [5.41, 5.74) is -0.159. The summed E-state index contributed by atoms with van der Waals surface area (Å²) in [5, 5.41) is 9.35. The summed E-state index contributed by atoms with van der Waals surface area (Å²) in [6.45, 7) is 0. The predicted octanol–water partition coefficient (Wildman–Crippen LogP) is 2.11. The maximum atomic E-state index is 12.8. The highest BCUT2D eigenvalue weighted by Crippen LogP contribution is 2.28. The summed E-state index contributed by atoms with van der Waals surface area (Å²) in [5.74, 6) is -1.25. The molecule has 2 aromatic carbocycles. The van der Waals surface area contributed by atoms with E-state index in [0.717, 1.165) is 0 Å². The number of aromatic carboxylic acids is 1. The van der Waals surface area contributed by atoms with Crippen LogP contribution in [0.4, 0.5) is 0 Å². The summed E-state index contributed by atoms with van der Waals surface area (Å²) in [4.78, 5) is 11.0. The lowest BCUT2D eigenvalue weighted by Gasteiger charge is -2.11. The maximum Gasteiger partial charge on any atom is 0.336 e. The van der Waals surface area contributed by atoms with E-state index in [9.17, 15) is 22.5 Å². The van der Waals surface area contributed by atoms with Gasteiger partial charge in [0.1, 0.15) is 0 Å². The van der Waals surface area contributed by atoms with Crippen LogP contribution in [0.2, 0.25) is 5.02 Å². The van der Waals surface area contributed by atoms with Crippen LogP contribution in [-0.4, -0.2) is 30.8 Å². The van der Waals surface area contributed by atoms with Gasteiger partial charge in [-0.25, -0.2) is 22.1 Å². The van der Waals surface area contributed by atoms with Gasteiger partial charge in [-0.3, -0.25) is 0 Å². The van der Waals surface area contributed by atoms with Crippen molar-refractivity contribution in [1.29, 1.82) is 0 Å². The minimum Gasteiger partial charge on any atom is -0.478 e. The number of benzene rings is 2. The minimum absolute atomic E-state index is 0.00914. The van der Waals surface area contributed by atoms with Gasteiger partial charge < -0.3 is 5.11 Å². The Labute approximate surface area is 140 Å². The molecule has 6 nitrogen and oxygen atoms in total. The zero-order valence-corrected chi connectivity index (χ0v) is 14.2. The second kappa shape index (κ2) is 6.79. The van der Waals surface area contributed by atoms with E-state index in [0.29, 0.717) is 0 Å². The fraction of sp³-hybridized carbons (Fsp3) is 0.0714. The monoisotopic (exact) mass is 373 g/mol. The fourth-order valence-corrected chi connectivity index (χ4v) is 4.73. The second-order valence-corrected chi connectivity index (χ2v) is 8.08. The first-order valence-electron chi connectivity index (χ1n) is 6.25. The van der Waals surface area contributed by atoms with Crippen molar-refractivity contribution in [1.82, 2.24) is 4.72 Å². The lowest BCUT2D eigenvalue weighted by molar-refractivity contribution is 0.0693. The molecule has 9 heteroatoms. The third kappa shape index (κ3) is 3.61. The largest absolute Gasteiger partial charge is 0.478 e. The lowest BCUT2D eigenvalue weighted by atomic mass is 10.2.